The fraction of sp³-hybridized carbons (Fsp3) is 0.222. The number of aryl methyl sites for hydroxylation is 1. The number of nitrogens with zero attached hydrogens (tertiary/aromatic N) is 1. The molecule has 0 aliphatic rings. The number of nitrogens with one attached hydrogen (secondary N) is 1. The smallest absolute Gasteiger partial charge is 0.226 e. The molecule has 7 heteroatoms. The van der Waals surface area contributed by atoms with E-state index in [9.17, 15) is 9.59 Å². The number of para-hydroxylation sites is 1. The Bertz CT molecular complexity index is 789. The van der Waals surface area contributed by atoms with Crippen LogP contribution in [0.3, 0.4) is 0 Å². The van der Waals surface area contributed by atoms with Gasteiger partial charge in [-0.2, -0.15) is 0 Å². The molecule has 0 spiro atoms. The van der Waals surface area contributed by atoms with Gasteiger partial charge in [-0.3, -0.25) is 9.59 Å². The van der Waals surface area contributed by atoms with Gasteiger partial charge in [-0.05, 0) is 42.8 Å². The molecule has 0 aromatic heterocycles. The van der Waals surface area contributed by atoms with E-state index in [0.29, 0.717) is 20.8 Å². The summed E-state index contributed by atoms with van der Waals surface area (Å²) >= 11 is 18.0. The van der Waals surface area contributed by atoms with Crippen molar-refractivity contribution in [3.8, 4) is 0 Å². The van der Waals surface area contributed by atoms with E-state index in [1.165, 1.54) is 6.92 Å². The van der Waals surface area contributed by atoms with Gasteiger partial charge in [0.2, 0.25) is 11.8 Å². The van der Waals surface area contributed by atoms with E-state index in [1.54, 1.807) is 41.3 Å². The molecule has 0 atom stereocenters. The first-order valence-electron chi connectivity index (χ1n) is 7.57. The highest BCUT2D eigenvalue weighted by molar-refractivity contribution is 6.39. The molecule has 2 rings (SSSR count). The molecule has 0 unspecified atom stereocenters. The van der Waals surface area contributed by atoms with Crippen LogP contribution < -0.4 is 10.2 Å². The Morgan fingerprint density at radius 3 is 2.28 bits per heavy atom. The maximum atomic E-state index is 12.2. The van der Waals surface area contributed by atoms with Crippen LogP contribution in [0.5, 0.6) is 0 Å². The monoisotopic (exact) mass is 398 g/mol. The quantitative estimate of drug-likeness (QED) is 0.738. The molecule has 0 aliphatic carbocycles. The standard InChI is InChI=1S/C18H17Cl3N2O2/c1-11-10-13(19)6-7-16(11)23(12(2)24)9-8-17(25)22-18-14(20)4-3-5-15(18)21/h3-7,10H,8-9H2,1-2H3,(H,22,25). The van der Waals surface area contributed by atoms with Crippen LogP contribution in [0.25, 0.3) is 0 Å². The van der Waals surface area contributed by atoms with Gasteiger partial charge in [0.05, 0.1) is 15.7 Å². The van der Waals surface area contributed by atoms with E-state index in [4.69, 9.17) is 34.8 Å². The second kappa shape index (κ2) is 8.56. The molecule has 0 radical (unpaired) electrons. The van der Waals surface area contributed by atoms with Crippen LogP contribution in [0.1, 0.15) is 18.9 Å². The maximum absolute atomic E-state index is 12.2. The zero-order valence-electron chi connectivity index (χ0n) is 13.8. The Balaban J connectivity index is 2.08. The zero-order valence-corrected chi connectivity index (χ0v) is 16.0. The molecule has 1 N–H and O–H groups in total. The van der Waals surface area contributed by atoms with Crippen LogP contribution in [0.15, 0.2) is 36.4 Å². The summed E-state index contributed by atoms with van der Waals surface area (Å²) in [6.07, 6.45) is 0.100. The van der Waals surface area contributed by atoms with Crippen LogP contribution in [-0.4, -0.2) is 18.4 Å². The summed E-state index contributed by atoms with van der Waals surface area (Å²) in [4.78, 5) is 25.7. The summed E-state index contributed by atoms with van der Waals surface area (Å²) in [7, 11) is 0. The third kappa shape index (κ3) is 5.11. The van der Waals surface area contributed by atoms with Crippen LogP contribution in [0, 0.1) is 6.92 Å². The van der Waals surface area contributed by atoms with E-state index < -0.39 is 0 Å². The van der Waals surface area contributed by atoms with Gasteiger partial charge in [0.15, 0.2) is 0 Å². The van der Waals surface area contributed by atoms with Crippen molar-refractivity contribution >= 4 is 58.0 Å². The third-order valence-corrected chi connectivity index (χ3v) is 4.48. The van der Waals surface area contributed by atoms with Gasteiger partial charge in [-0.1, -0.05) is 40.9 Å². The topological polar surface area (TPSA) is 49.4 Å². The number of amides is 2. The molecule has 4 nitrogen and oxygen atoms in total. The van der Waals surface area contributed by atoms with Crippen molar-refractivity contribution in [1.82, 2.24) is 0 Å². The number of carbonyl (C=O) groups is 2. The minimum atomic E-state index is -0.284. The maximum Gasteiger partial charge on any atom is 0.226 e. The molecule has 0 heterocycles. The van der Waals surface area contributed by atoms with Gasteiger partial charge in [0.25, 0.3) is 0 Å². The highest BCUT2D eigenvalue weighted by Gasteiger charge is 2.16. The number of benzene rings is 2. The number of carbonyl (C=O) groups excluding carboxylic acids is 2. The lowest BCUT2D eigenvalue weighted by Crippen LogP contribution is -2.32. The first-order valence-corrected chi connectivity index (χ1v) is 8.71. The van der Waals surface area contributed by atoms with Crippen molar-refractivity contribution in [2.75, 3.05) is 16.8 Å². The van der Waals surface area contributed by atoms with E-state index in [-0.39, 0.29) is 24.8 Å². The average molecular weight is 400 g/mol. The largest absolute Gasteiger partial charge is 0.323 e. The van der Waals surface area contributed by atoms with Crippen molar-refractivity contribution < 1.29 is 9.59 Å². The summed E-state index contributed by atoms with van der Waals surface area (Å²) in [6.45, 7) is 3.54. The van der Waals surface area contributed by atoms with Crippen LogP contribution in [-0.2, 0) is 9.59 Å². The van der Waals surface area contributed by atoms with Gasteiger partial charge in [-0.25, -0.2) is 0 Å². The molecule has 0 aliphatic heterocycles. The van der Waals surface area contributed by atoms with Gasteiger partial charge in [0.1, 0.15) is 0 Å². The highest BCUT2D eigenvalue weighted by Crippen LogP contribution is 2.30. The Morgan fingerprint density at radius 2 is 1.72 bits per heavy atom. The number of halogens is 3. The summed E-state index contributed by atoms with van der Waals surface area (Å²) in [5.74, 6) is -0.443. The number of rotatable bonds is 5. The molecule has 0 saturated heterocycles. The lowest BCUT2D eigenvalue weighted by Gasteiger charge is -2.23. The minimum absolute atomic E-state index is 0.100. The predicted octanol–water partition coefficient (Wildman–Crippen LogP) is 5.34. The minimum Gasteiger partial charge on any atom is -0.323 e. The van der Waals surface area contributed by atoms with E-state index in [2.05, 4.69) is 5.32 Å². The zero-order chi connectivity index (χ0) is 18.6. The van der Waals surface area contributed by atoms with Gasteiger partial charge in [0, 0.05) is 30.6 Å². The number of anilines is 2. The molecular weight excluding hydrogens is 383 g/mol. The van der Waals surface area contributed by atoms with Crippen LogP contribution in [0.2, 0.25) is 15.1 Å². The van der Waals surface area contributed by atoms with Crippen molar-refractivity contribution in [3.05, 3.63) is 57.0 Å². The predicted molar refractivity (Wildman–Crippen MR) is 104 cm³/mol. The SMILES string of the molecule is CC(=O)N(CCC(=O)Nc1c(Cl)cccc1Cl)c1ccc(Cl)cc1C. The van der Waals surface area contributed by atoms with Crippen LogP contribution >= 0.6 is 34.8 Å². The highest BCUT2D eigenvalue weighted by atomic mass is 35.5. The molecule has 0 saturated carbocycles. The van der Waals surface area contributed by atoms with Crippen molar-refractivity contribution in [2.24, 2.45) is 0 Å². The Kier molecular flexibility index (Phi) is 6.71. The van der Waals surface area contributed by atoms with Crippen LogP contribution in [0.4, 0.5) is 11.4 Å². The van der Waals surface area contributed by atoms with Crippen molar-refractivity contribution in [1.29, 1.82) is 0 Å². The third-order valence-electron chi connectivity index (χ3n) is 3.62. The van der Waals surface area contributed by atoms with Crippen molar-refractivity contribution in [2.45, 2.75) is 20.3 Å². The second-order valence-electron chi connectivity index (χ2n) is 5.50. The number of hydrogen-bond donors (Lipinski definition) is 1. The Hall–Kier alpha value is -1.75. The average Bonchev–Trinajstić information content (AvgIpc) is 2.52. The van der Waals surface area contributed by atoms with E-state index >= 15 is 0 Å². The molecular formula is C18H17Cl3N2O2. The second-order valence-corrected chi connectivity index (χ2v) is 6.75. The molecule has 25 heavy (non-hydrogen) atoms. The molecule has 2 aromatic carbocycles. The Morgan fingerprint density at radius 1 is 1.08 bits per heavy atom. The summed E-state index contributed by atoms with van der Waals surface area (Å²) < 4.78 is 0. The first-order chi connectivity index (χ1) is 11.8. The van der Waals surface area contributed by atoms with E-state index in [0.717, 1.165) is 11.3 Å². The van der Waals surface area contributed by atoms with Crippen molar-refractivity contribution in [3.63, 3.8) is 0 Å². The molecule has 0 bridgehead atoms. The molecule has 0 fully saturated rings. The van der Waals surface area contributed by atoms with Gasteiger partial charge < -0.3 is 10.2 Å². The molecule has 2 amide bonds. The molecule has 132 valence electrons. The summed E-state index contributed by atoms with van der Waals surface area (Å²) in [5.41, 5.74) is 1.95. The van der Waals surface area contributed by atoms with Gasteiger partial charge in [-0.15, -0.1) is 0 Å². The Labute approximate surface area is 161 Å². The molecule has 2 aromatic rings. The number of hydrogen-bond acceptors (Lipinski definition) is 2. The fourth-order valence-corrected chi connectivity index (χ4v) is 3.12. The van der Waals surface area contributed by atoms with E-state index in [1.807, 2.05) is 6.92 Å². The lowest BCUT2D eigenvalue weighted by atomic mass is 10.1. The normalized spacial score (nSPS) is 10.4. The van der Waals surface area contributed by atoms with Gasteiger partial charge >= 0.3 is 0 Å². The fourth-order valence-electron chi connectivity index (χ4n) is 2.40. The summed E-state index contributed by atoms with van der Waals surface area (Å²) in [5, 5.41) is 4.00. The lowest BCUT2D eigenvalue weighted by molar-refractivity contribution is -0.117. The summed E-state index contributed by atoms with van der Waals surface area (Å²) in [6, 6.07) is 10.2. The first kappa shape index (κ1) is 19.6.